The Morgan fingerprint density at radius 3 is 1.80 bits per heavy atom. The highest BCUT2D eigenvalue weighted by molar-refractivity contribution is 6.31. The third-order valence-corrected chi connectivity index (χ3v) is 1.99. The zero-order chi connectivity index (χ0) is 11.6. The summed E-state index contributed by atoms with van der Waals surface area (Å²) in [6.45, 7) is 0. The summed E-state index contributed by atoms with van der Waals surface area (Å²) in [7, 11) is 0. The van der Waals surface area contributed by atoms with Crippen LogP contribution in [0.15, 0.2) is 11.3 Å². The molecule has 1 aromatic rings. The molecule has 0 N–H and O–H groups in total. The van der Waals surface area contributed by atoms with Gasteiger partial charge in [0.05, 0.1) is 5.56 Å². The third kappa shape index (κ3) is 2.17. The second-order valence-corrected chi connectivity index (χ2v) is 3.00. The van der Waals surface area contributed by atoms with Crippen molar-refractivity contribution in [3.8, 4) is 0 Å². The monoisotopic (exact) mass is 256 g/mol. The van der Waals surface area contributed by atoms with Crippen LogP contribution in [0, 0.1) is 23.3 Å². The van der Waals surface area contributed by atoms with E-state index in [1.165, 1.54) is 0 Å². The fraction of sp³-hybridized carbons (Fsp3) is 0. The van der Waals surface area contributed by atoms with Crippen LogP contribution in [0.4, 0.5) is 17.6 Å². The van der Waals surface area contributed by atoms with Crippen LogP contribution >= 0.6 is 23.2 Å². The number of hydrogen-bond acceptors (Lipinski definition) is 0. The Morgan fingerprint density at radius 2 is 1.40 bits per heavy atom. The molecule has 80 valence electrons. The van der Waals surface area contributed by atoms with Crippen LogP contribution in [0.2, 0.25) is 5.02 Å². The van der Waals surface area contributed by atoms with Gasteiger partial charge in [0.1, 0.15) is 5.02 Å². The van der Waals surface area contributed by atoms with E-state index in [1.54, 1.807) is 0 Å². The summed E-state index contributed by atoms with van der Waals surface area (Å²) in [5.74, 6) is -6.49. The average Bonchev–Trinajstić information content (AvgIpc) is 2.24. The van der Waals surface area contributed by atoms with E-state index in [1.807, 2.05) is 0 Å². The summed E-state index contributed by atoms with van der Waals surface area (Å²) in [5, 5.41) is -1.22. The lowest BCUT2D eigenvalue weighted by Crippen LogP contribution is -2.00. The minimum Gasteiger partial charge on any atom is -0.203 e. The van der Waals surface area contributed by atoms with Gasteiger partial charge in [0.25, 0.3) is 0 Å². The molecule has 0 aliphatic heterocycles. The maximum absolute atomic E-state index is 13.0. The summed E-state index contributed by atoms with van der Waals surface area (Å²) in [6.07, 6.45) is 0.667. The third-order valence-electron chi connectivity index (χ3n) is 1.53. The van der Waals surface area contributed by atoms with Crippen molar-refractivity contribution < 1.29 is 17.6 Å². The topological polar surface area (TPSA) is 0 Å². The van der Waals surface area contributed by atoms with Crippen LogP contribution in [-0.2, 0) is 0 Å². The predicted octanol–water partition coefficient (Wildman–Crippen LogP) is 4.26. The van der Waals surface area contributed by atoms with Gasteiger partial charge in [-0.05, 0) is 6.08 Å². The minimum atomic E-state index is -1.65. The molecule has 6 heteroatoms. The first-order valence-electron chi connectivity index (χ1n) is 3.53. The zero-order valence-electron chi connectivity index (χ0n) is 6.92. The van der Waals surface area contributed by atoms with Crippen LogP contribution in [-0.4, -0.2) is 0 Å². The molecule has 0 aliphatic carbocycles. The Labute approximate surface area is 92.4 Å². The van der Waals surface area contributed by atoms with E-state index >= 15 is 0 Å². The molecule has 1 rings (SSSR count). The van der Waals surface area contributed by atoms with Gasteiger partial charge in [-0.25, -0.2) is 17.6 Å². The molecule has 0 bridgehead atoms. The fourth-order valence-electron chi connectivity index (χ4n) is 0.863. The van der Waals surface area contributed by atoms with Crippen LogP contribution in [0.3, 0.4) is 0 Å². The van der Waals surface area contributed by atoms with Crippen LogP contribution < -0.4 is 0 Å². The highest BCUT2D eigenvalue weighted by Gasteiger charge is 2.22. The molecule has 0 saturated carbocycles. The summed E-state index contributed by atoms with van der Waals surface area (Å²) in [4.78, 5) is 0. The highest BCUT2D eigenvalue weighted by Crippen LogP contribution is 2.28. The van der Waals surface area contributed by atoms with Crippen molar-refractivity contribution in [2.45, 2.75) is 0 Å². The normalized spacial score (nSPS) is 9.73. The number of rotatable bonds is 1. The molecule has 0 unspecified atom stereocenters. The molecule has 0 fully saturated rings. The van der Waals surface area contributed by atoms with Crippen molar-refractivity contribution >= 4 is 29.3 Å². The predicted molar refractivity (Wildman–Crippen MR) is 49.7 cm³/mol. The van der Waals surface area contributed by atoms with E-state index in [-0.39, 0.29) is 0 Å². The molecule has 0 spiro atoms. The van der Waals surface area contributed by atoms with Gasteiger partial charge in [-0.3, -0.25) is 0 Å². The molecule has 0 aliphatic rings. The minimum absolute atomic E-state index is 0.667. The lowest BCUT2D eigenvalue weighted by Gasteiger charge is -2.03. The molecule has 0 nitrogen and oxygen atoms in total. The summed E-state index contributed by atoms with van der Waals surface area (Å²) in [6, 6.07) is 0. The van der Waals surface area contributed by atoms with E-state index in [0.717, 1.165) is 5.54 Å². The Kier molecular flexibility index (Phi) is 3.80. The second kappa shape index (κ2) is 4.71. The quantitative estimate of drug-likeness (QED) is 0.305. The van der Waals surface area contributed by atoms with Gasteiger partial charge in [-0.1, -0.05) is 23.2 Å². The largest absolute Gasteiger partial charge is 0.203 e. The molecule has 15 heavy (non-hydrogen) atoms. The Morgan fingerprint density at radius 1 is 0.933 bits per heavy atom. The first-order chi connectivity index (χ1) is 7.00. The summed E-state index contributed by atoms with van der Waals surface area (Å²) < 4.78 is 51.8. The molecule has 0 radical (unpaired) electrons. The lowest BCUT2D eigenvalue weighted by molar-refractivity contribution is 0.452. The van der Waals surface area contributed by atoms with Crippen molar-refractivity contribution in [2.75, 3.05) is 0 Å². The van der Waals surface area contributed by atoms with Gasteiger partial charge in [-0.15, -0.1) is 5.73 Å². The fourth-order valence-corrected chi connectivity index (χ4v) is 1.09. The highest BCUT2D eigenvalue weighted by atomic mass is 35.5. The molecule has 1 aromatic carbocycles. The molecule has 0 amide bonds. The SMILES string of the molecule is Fc1c(F)c(C=C=CCl)c(F)c(F)c1Cl. The zero-order valence-corrected chi connectivity index (χ0v) is 8.43. The maximum Gasteiger partial charge on any atom is 0.181 e. The Balaban J connectivity index is 3.59. The molecular formula is C9H2Cl2F4. The van der Waals surface area contributed by atoms with Crippen molar-refractivity contribution in [1.82, 2.24) is 0 Å². The van der Waals surface area contributed by atoms with Crippen LogP contribution in [0.5, 0.6) is 0 Å². The molecule has 0 heterocycles. The van der Waals surface area contributed by atoms with Crippen molar-refractivity contribution in [3.63, 3.8) is 0 Å². The molecule has 0 aromatic heterocycles. The van der Waals surface area contributed by atoms with E-state index in [0.29, 0.717) is 6.08 Å². The van der Waals surface area contributed by atoms with E-state index in [4.69, 9.17) is 23.2 Å². The lowest BCUT2D eigenvalue weighted by atomic mass is 10.1. The second-order valence-electron chi connectivity index (χ2n) is 2.40. The van der Waals surface area contributed by atoms with Gasteiger partial charge in [0, 0.05) is 5.54 Å². The Bertz CT molecular complexity index is 433. The first-order valence-corrected chi connectivity index (χ1v) is 4.34. The van der Waals surface area contributed by atoms with Crippen molar-refractivity contribution in [2.24, 2.45) is 0 Å². The van der Waals surface area contributed by atoms with E-state index < -0.39 is 33.9 Å². The van der Waals surface area contributed by atoms with E-state index in [2.05, 4.69) is 5.73 Å². The molecule has 0 saturated heterocycles. The number of halogens is 6. The summed E-state index contributed by atoms with van der Waals surface area (Å²) >= 11 is 10.0. The van der Waals surface area contributed by atoms with Gasteiger partial charge in [-0.2, -0.15) is 0 Å². The van der Waals surface area contributed by atoms with Gasteiger partial charge < -0.3 is 0 Å². The number of hydrogen-bond donors (Lipinski definition) is 0. The molecular weight excluding hydrogens is 255 g/mol. The van der Waals surface area contributed by atoms with Gasteiger partial charge in [0.15, 0.2) is 23.3 Å². The van der Waals surface area contributed by atoms with Crippen molar-refractivity contribution in [1.29, 1.82) is 0 Å². The van der Waals surface area contributed by atoms with E-state index in [9.17, 15) is 17.6 Å². The van der Waals surface area contributed by atoms with Crippen LogP contribution in [0.25, 0.3) is 6.08 Å². The van der Waals surface area contributed by atoms with Gasteiger partial charge >= 0.3 is 0 Å². The van der Waals surface area contributed by atoms with Gasteiger partial charge in [0.2, 0.25) is 0 Å². The average molecular weight is 257 g/mol. The summed E-state index contributed by atoms with van der Waals surface area (Å²) in [5.41, 5.74) is 1.96. The molecule has 0 atom stereocenters. The van der Waals surface area contributed by atoms with Crippen molar-refractivity contribution in [3.05, 3.63) is 45.1 Å². The maximum atomic E-state index is 13.0. The number of benzene rings is 1. The Hall–Kier alpha value is -0.960. The van der Waals surface area contributed by atoms with Crippen LogP contribution in [0.1, 0.15) is 5.56 Å². The first kappa shape index (κ1) is 12.1. The smallest absolute Gasteiger partial charge is 0.181 e. The standard InChI is InChI=1S/C9H2Cl2F4/c10-3-1-2-4-6(12)8(14)5(11)9(15)7(4)13/h2-3H.